The normalized spacial score (nSPS) is 12.8. The van der Waals surface area contributed by atoms with Crippen molar-refractivity contribution in [3.63, 3.8) is 0 Å². The second-order valence-electron chi connectivity index (χ2n) is 8.90. The highest BCUT2D eigenvalue weighted by molar-refractivity contribution is 7.89. The average Bonchev–Trinajstić information content (AvgIpc) is 2.56. The molecular weight excluding hydrogens is 422 g/mol. The molecule has 0 spiro atoms. The lowest BCUT2D eigenvalue weighted by atomic mass is 10.2. The molecule has 0 atom stereocenters. The zero-order chi connectivity index (χ0) is 23.9. The van der Waals surface area contributed by atoms with E-state index in [2.05, 4.69) is 15.4 Å². The minimum absolute atomic E-state index is 0.0200. The number of amides is 2. The van der Waals surface area contributed by atoms with Crippen molar-refractivity contribution in [2.45, 2.75) is 71.0 Å². The highest BCUT2D eigenvalue weighted by atomic mass is 32.2. The molecule has 1 aromatic carbocycles. The summed E-state index contributed by atoms with van der Waals surface area (Å²) in [5, 5.41) is 4.94. The van der Waals surface area contributed by atoms with E-state index in [0.717, 1.165) is 5.56 Å². The van der Waals surface area contributed by atoms with E-state index in [0.29, 0.717) is 0 Å². The van der Waals surface area contributed by atoms with Gasteiger partial charge in [0.1, 0.15) is 11.2 Å². The largest absolute Gasteiger partial charge is 0.444 e. The average molecular weight is 456 g/mol. The molecule has 0 saturated heterocycles. The molecule has 0 aromatic heterocycles. The highest BCUT2D eigenvalue weighted by Crippen LogP contribution is 2.11. The van der Waals surface area contributed by atoms with Gasteiger partial charge in [-0.1, -0.05) is 17.7 Å². The van der Waals surface area contributed by atoms with Crippen LogP contribution in [0.3, 0.4) is 0 Å². The van der Waals surface area contributed by atoms with Crippen molar-refractivity contribution in [3.05, 3.63) is 41.7 Å². The Kier molecular flexibility index (Phi) is 9.07. The molecule has 1 aromatic rings. The Hall–Kier alpha value is -2.59. The van der Waals surface area contributed by atoms with Gasteiger partial charge in [-0.15, -0.1) is 0 Å². The lowest BCUT2D eigenvalue weighted by molar-refractivity contribution is 0.0524. The molecular formula is C21H33N3O6S. The van der Waals surface area contributed by atoms with E-state index < -0.39 is 33.4 Å². The SMILES string of the molecule is Cc1ccc(S(=O)(=O)NCC/C(=C/NC(=O)OC(C)(C)C)NC(=O)OC(C)(C)C)cc1. The first-order valence-electron chi connectivity index (χ1n) is 9.82. The van der Waals surface area contributed by atoms with Crippen LogP contribution in [0.2, 0.25) is 0 Å². The molecule has 10 heteroatoms. The van der Waals surface area contributed by atoms with Crippen LogP contribution in [-0.4, -0.2) is 38.4 Å². The Bertz CT molecular complexity index is 895. The molecule has 0 aliphatic carbocycles. The fourth-order valence-corrected chi connectivity index (χ4v) is 3.21. The van der Waals surface area contributed by atoms with Gasteiger partial charge in [0.15, 0.2) is 0 Å². The van der Waals surface area contributed by atoms with Crippen molar-refractivity contribution >= 4 is 22.2 Å². The molecule has 0 aliphatic heterocycles. The number of alkyl carbamates (subject to hydrolysis) is 2. The van der Waals surface area contributed by atoms with Gasteiger partial charge < -0.3 is 9.47 Å². The number of hydrogen-bond donors (Lipinski definition) is 3. The van der Waals surface area contributed by atoms with Crippen LogP contribution >= 0.6 is 0 Å². The quantitative estimate of drug-likeness (QED) is 0.578. The van der Waals surface area contributed by atoms with E-state index in [-0.39, 0.29) is 23.6 Å². The number of rotatable bonds is 7. The summed E-state index contributed by atoms with van der Waals surface area (Å²) in [6, 6.07) is 6.43. The van der Waals surface area contributed by atoms with Gasteiger partial charge >= 0.3 is 12.2 Å². The van der Waals surface area contributed by atoms with Gasteiger partial charge in [-0.2, -0.15) is 0 Å². The second-order valence-corrected chi connectivity index (χ2v) is 10.7. The fourth-order valence-electron chi connectivity index (χ4n) is 2.18. The van der Waals surface area contributed by atoms with Crippen LogP contribution in [0.15, 0.2) is 41.1 Å². The third-order valence-corrected chi connectivity index (χ3v) is 4.92. The Morgan fingerprint density at radius 3 is 1.97 bits per heavy atom. The molecule has 0 saturated carbocycles. The summed E-state index contributed by atoms with van der Waals surface area (Å²) in [5.41, 5.74) is -0.230. The molecule has 0 unspecified atom stereocenters. The van der Waals surface area contributed by atoms with Gasteiger partial charge in [-0.3, -0.25) is 10.6 Å². The predicted octanol–water partition coefficient (Wildman–Crippen LogP) is 3.55. The molecule has 0 radical (unpaired) electrons. The van der Waals surface area contributed by atoms with E-state index in [4.69, 9.17) is 9.47 Å². The lowest BCUT2D eigenvalue weighted by Crippen LogP contribution is -2.35. The van der Waals surface area contributed by atoms with Crippen LogP contribution in [0, 0.1) is 6.92 Å². The number of sulfonamides is 1. The molecule has 0 aliphatic rings. The Balaban J connectivity index is 2.82. The number of nitrogens with one attached hydrogen (secondary N) is 3. The smallest absolute Gasteiger partial charge is 0.411 e. The molecule has 2 amide bonds. The molecule has 9 nitrogen and oxygen atoms in total. The van der Waals surface area contributed by atoms with Gasteiger partial charge in [0.2, 0.25) is 10.0 Å². The zero-order valence-corrected chi connectivity index (χ0v) is 20.0. The molecule has 3 N–H and O–H groups in total. The zero-order valence-electron chi connectivity index (χ0n) is 19.2. The van der Waals surface area contributed by atoms with Crippen LogP contribution in [-0.2, 0) is 19.5 Å². The minimum Gasteiger partial charge on any atom is -0.444 e. The topological polar surface area (TPSA) is 123 Å². The molecule has 31 heavy (non-hydrogen) atoms. The minimum atomic E-state index is -3.72. The Labute approximate surface area is 184 Å². The first-order valence-corrected chi connectivity index (χ1v) is 11.3. The predicted molar refractivity (Wildman–Crippen MR) is 118 cm³/mol. The summed E-state index contributed by atoms with van der Waals surface area (Å²) in [7, 11) is -3.72. The number of carbonyl (C=O) groups excluding carboxylic acids is 2. The van der Waals surface area contributed by atoms with Crippen LogP contribution in [0.1, 0.15) is 53.5 Å². The van der Waals surface area contributed by atoms with E-state index in [1.54, 1.807) is 53.7 Å². The van der Waals surface area contributed by atoms with Crippen LogP contribution in [0.4, 0.5) is 9.59 Å². The summed E-state index contributed by atoms with van der Waals surface area (Å²) in [4.78, 5) is 24.1. The molecule has 0 bridgehead atoms. The number of ether oxygens (including phenoxy) is 2. The van der Waals surface area contributed by atoms with Crippen LogP contribution < -0.4 is 15.4 Å². The first kappa shape index (κ1) is 26.4. The van der Waals surface area contributed by atoms with Gasteiger partial charge in [-0.25, -0.2) is 22.7 Å². The van der Waals surface area contributed by atoms with Crippen molar-refractivity contribution in [1.82, 2.24) is 15.4 Å². The summed E-state index contributed by atoms with van der Waals surface area (Å²) < 4.78 is 37.7. The standard InChI is InChI=1S/C21H33N3O6S/c1-15-8-10-17(11-9-15)31(27,28)23-13-12-16(24-19(26)30-21(5,6)7)14-22-18(25)29-20(2,3)4/h8-11,14,23H,12-13H2,1-7H3,(H,22,25)(H,24,26)/b16-14-. The summed E-state index contributed by atoms with van der Waals surface area (Å²) in [6.07, 6.45) is -0.111. The van der Waals surface area contributed by atoms with Crippen LogP contribution in [0.5, 0.6) is 0 Å². The van der Waals surface area contributed by atoms with Gasteiger partial charge in [0, 0.05) is 24.9 Å². The van der Waals surface area contributed by atoms with E-state index >= 15 is 0 Å². The van der Waals surface area contributed by atoms with Gasteiger partial charge in [-0.05, 0) is 60.6 Å². The fraction of sp³-hybridized carbons (Fsp3) is 0.524. The van der Waals surface area contributed by atoms with E-state index in [1.807, 2.05) is 6.92 Å². The van der Waals surface area contributed by atoms with Crippen molar-refractivity contribution in [1.29, 1.82) is 0 Å². The van der Waals surface area contributed by atoms with Gasteiger partial charge in [0.05, 0.1) is 4.90 Å². The van der Waals surface area contributed by atoms with Crippen LogP contribution in [0.25, 0.3) is 0 Å². The van der Waals surface area contributed by atoms with Crippen molar-refractivity contribution in [2.24, 2.45) is 0 Å². The lowest BCUT2D eigenvalue weighted by Gasteiger charge is -2.21. The third kappa shape index (κ3) is 11.4. The molecule has 0 fully saturated rings. The number of aryl methyl sites for hydroxylation is 1. The highest BCUT2D eigenvalue weighted by Gasteiger charge is 2.19. The number of hydrogen-bond acceptors (Lipinski definition) is 6. The molecule has 1 rings (SSSR count). The maximum atomic E-state index is 12.4. The number of carbonyl (C=O) groups is 2. The summed E-state index contributed by atoms with van der Waals surface area (Å²) in [6.45, 7) is 12.1. The first-order chi connectivity index (χ1) is 14.1. The Morgan fingerprint density at radius 2 is 1.45 bits per heavy atom. The second kappa shape index (κ2) is 10.6. The Morgan fingerprint density at radius 1 is 0.935 bits per heavy atom. The van der Waals surface area contributed by atoms with Crippen molar-refractivity contribution < 1.29 is 27.5 Å². The van der Waals surface area contributed by atoms with E-state index in [9.17, 15) is 18.0 Å². The molecule has 0 heterocycles. The summed E-state index contributed by atoms with van der Waals surface area (Å²) >= 11 is 0. The van der Waals surface area contributed by atoms with Crippen molar-refractivity contribution in [3.8, 4) is 0 Å². The monoisotopic (exact) mass is 455 g/mol. The maximum Gasteiger partial charge on any atom is 0.411 e. The number of benzene rings is 1. The maximum absolute atomic E-state index is 12.4. The summed E-state index contributed by atoms with van der Waals surface area (Å²) in [5.74, 6) is 0. The third-order valence-electron chi connectivity index (χ3n) is 3.44. The molecule has 174 valence electrons. The van der Waals surface area contributed by atoms with E-state index in [1.165, 1.54) is 18.3 Å². The van der Waals surface area contributed by atoms with Gasteiger partial charge in [0.25, 0.3) is 0 Å². The van der Waals surface area contributed by atoms with Crippen molar-refractivity contribution in [2.75, 3.05) is 6.54 Å².